The Hall–Kier alpha value is -1.36. The predicted octanol–water partition coefficient (Wildman–Crippen LogP) is 3.04. The molecule has 0 aromatic heterocycles. The van der Waals surface area contributed by atoms with Crippen LogP contribution in [-0.4, -0.2) is 18.5 Å². The molecule has 4 nitrogen and oxygen atoms in total. The third-order valence-electron chi connectivity index (χ3n) is 2.26. The molecule has 0 unspecified atom stereocenters. The van der Waals surface area contributed by atoms with Gasteiger partial charge in [-0.25, -0.2) is 0 Å². The summed E-state index contributed by atoms with van der Waals surface area (Å²) in [6, 6.07) is 5.68. The zero-order valence-corrected chi connectivity index (χ0v) is 12.0. The highest BCUT2D eigenvalue weighted by atomic mass is 79.9. The fourth-order valence-corrected chi connectivity index (χ4v) is 1.74. The minimum Gasteiger partial charge on any atom is -0.466 e. The van der Waals surface area contributed by atoms with Crippen molar-refractivity contribution in [3.63, 3.8) is 0 Å². The van der Waals surface area contributed by atoms with E-state index >= 15 is 0 Å². The number of carbonyl (C=O) groups is 2. The van der Waals surface area contributed by atoms with Gasteiger partial charge in [-0.15, -0.1) is 0 Å². The first-order valence-electron chi connectivity index (χ1n) is 5.74. The normalized spacial score (nSPS) is 9.94. The molecule has 0 aliphatic heterocycles. The van der Waals surface area contributed by atoms with Gasteiger partial charge in [0.25, 0.3) is 0 Å². The van der Waals surface area contributed by atoms with Crippen molar-refractivity contribution in [2.24, 2.45) is 0 Å². The highest BCUT2D eigenvalue weighted by Gasteiger charge is 2.09. The van der Waals surface area contributed by atoms with Gasteiger partial charge in [-0.3, -0.25) is 9.59 Å². The molecule has 0 heterocycles. The lowest BCUT2D eigenvalue weighted by Gasteiger charge is -2.08. The number of halogens is 1. The zero-order chi connectivity index (χ0) is 13.5. The second kappa shape index (κ2) is 7.16. The molecule has 1 aromatic rings. The Morgan fingerprint density at radius 3 is 2.72 bits per heavy atom. The second-order valence-electron chi connectivity index (χ2n) is 3.84. The lowest BCUT2D eigenvalue weighted by molar-refractivity contribution is -0.144. The number of aryl methyl sites for hydroxylation is 1. The van der Waals surface area contributed by atoms with Crippen LogP contribution in [0, 0.1) is 6.92 Å². The number of amides is 1. The maximum atomic E-state index is 11.6. The maximum absolute atomic E-state index is 11.6. The van der Waals surface area contributed by atoms with Crippen molar-refractivity contribution in [3.8, 4) is 0 Å². The Balaban J connectivity index is 2.49. The van der Waals surface area contributed by atoms with Gasteiger partial charge >= 0.3 is 5.97 Å². The summed E-state index contributed by atoms with van der Waals surface area (Å²) in [6.07, 6.45) is 0.225. The van der Waals surface area contributed by atoms with Gasteiger partial charge in [0.05, 0.1) is 18.7 Å². The topological polar surface area (TPSA) is 55.4 Å². The minimum absolute atomic E-state index is 0.100. The molecule has 0 fully saturated rings. The fourth-order valence-electron chi connectivity index (χ4n) is 1.40. The van der Waals surface area contributed by atoms with Crippen molar-refractivity contribution in [1.29, 1.82) is 0 Å². The molecular formula is C13H16BrNO3. The summed E-state index contributed by atoms with van der Waals surface area (Å²) in [5.41, 5.74) is 1.77. The summed E-state index contributed by atoms with van der Waals surface area (Å²) in [6.45, 7) is 4.02. The maximum Gasteiger partial charge on any atom is 0.306 e. The number of hydrogen-bond acceptors (Lipinski definition) is 3. The van der Waals surface area contributed by atoms with Crippen molar-refractivity contribution in [3.05, 3.63) is 28.2 Å². The molecule has 98 valence electrons. The van der Waals surface area contributed by atoms with Crippen molar-refractivity contribution in [1.82, 2.24) is 0 Å². The van der Waals surface area contributed by atoms with Gasteiger partial charge in [-0.2, -0.15) is 0 Å². The summed E-state index contributed by atoms with van der Waals surface area (Å²) < 4.78 is 5.57. The number of ether oxygens (including phenoxy) is 1. The van der Waals surface area contributed by atoms with Crippen LogP contribution in [0.4, 0.5) is 5.69 Å². The molecule has 1 N–H and O–H groups in total. The van der Waals surface area contributed by atoms with Crippen LogP contribution >= 0.6 is 15.9 Å². The predicted molar refractivity (Wildman–Crippen MR) is 73.4 cm³/mol. The van der Waals surface area contributed by atoms with Gasteiger partial charge in [0, 0.05) is 10.9 Å². The molecule has 0 bridgehead atoms. The number of rotatable bonds is 5. The number of carbonyl (C=O) groups excluding carboxylic acids is 2. The van der Waals surface area contributed by atoms with Crippen LogP contribution in [0.25, 0.3) is 0 Å². The number of hydrogen-bond donors (Lipinski definition) is 1. The van der Waals surface area contributed by atoms with Crippen molar-refractivity contribution < 1.29 is 14.3 Å². The smallest absolute Gasteiger partial charge is 0.306 e. The molecule has 1 rings (SSSR count). The highest BCUT2D eigenvalue weighted by molar-refractivity contribution is 9.10. The Kier molecular flexibility index (Phi) is 5.85. The highest BCUT2D eigenvalue weighted by Crippen LogP contribution is 2.23. The van der Waals surface area contributed by atoms with Crippen LogP contribution < -0.4 is 5.32 Å². The third-order valence-corrected chi connectivity index (χ3v) is 2.95. The van der Waals surface area contributed by atoms with Crippen molar-refractivity contribution in [2.45, 2.75) is 26.7 Å². The van der Waals surface area contributed by atoms with Gasteiger partial charge in [0.15, 0.2) is 0 Å². The van der Waals surface area contributed by atoms with E-state index in [2.05, 4.69) is 21.2 Å². The summed E-state index contributed by atoms with van der Waals surface area (Å²) in [5.74, 6) is -0.551. The molecule has 18 heavy (non-hydrogen) atoms. The molecule has 0 aliphatic carbocycles. The van der Waals surface area contributed by atoms with E-state index in [0.29, 0.717) is 12.3 Å². The van der Waals surface area contributed by atoms with E-state index in [-0.39, 0.29) is 24.7 Å². The van der Waals surface area contributed by atoms with E-state index in [1.807, 2.05) is 25.1 Å². The summed E-state index contributed by atoms with van der Waals surface area (Å²) in [7, 11) is 0. The summed E-state index contributed by atoms with van der Waals surface area (Å²) in [5, 5.41) is 2.75. The average molecular weight is 314 g/mol. The molecule has 0 spiro atoms. The Morgan fingerprint density at radius 1 is 1.33 bits per heavy atom. The summed E-state index contributed by atoms with van der Waals surface area (Å²) >= 11 is 3.36. The molecule has 1 amide bonds. The average Bonchev–Trinajstić information content (AvgIpc) is 2.32. The van der Waals surface area contributed by atoms with Gasteiger partial charge < -0.3 is 10.1 Å². The van der Waals surface area contributed by atoms with Gasteiger partial charge in [-0.05, 0) is 47.5 Å². The summed E-state index contributed by atoms with van der Waals surface area (Å²) in [4.78, 5) is 22.8. The zero-order valence-electron chi connectivity index (χ0n) is 10.5. The Bertz CT molecular complexity index is 446. The van der Waals surface area contributed by atoms with E-state index < -0.39 is 0 Å². The Morgan fingerprint density at radius 2 is 2.06 bits per heavy atom. The van der Waals surface area contributed by atoms with E-state index in [1.165, 1.54) is 0 Å². The molecule has 0 saturated carbocycles. The number of esters is 1. The second-order valence-corrected chi connectivity index (χ2v) is 4.69. The van der Waals surface area contributed by atoms with Gasteiger partial charge in [0.1, 0.15) is 0 Å². The lowest BCUT2D eigenvalue weighted by atomic mass is 10.2. The van der Waals surface area contributed by atoms with Crippen LogP contribution in [0.5, 0.6) is 0 Å². The van der Waals surface area contributed by atoms with Crippen LogP contribution in [0.1, 0.15) is 25.3 Å². The molecule has 5 heteroatoms. The van der Waals surface area contributed by atoms with E-state index in [4.69, 9.17) is 4.74 Å². The van der Waals surface area contributed by atoms with Gasteiger partial charge in [0.2, 0.25) is 5.91 Å². The first kappa shape index (κ1) is 14.7. The number of nitrogens with one attached hydrogen (secondary N) is 1. The van der Waals surface area contributed by atoms with Crippen LogP contribution in [0.2, 0.25) is 0 Å². The monoisotopic (exact) mass is 313 g/mol. The number of anilines is 1. The fraction of sp³-hybridized carbons (Fsp3) is 0.385. The number of benzene rings is 1. The Labute approximate surface area is 115 Å². The standard InChI is InChI=1S/C13H16BrNO3/c1-3-18-13(17)7-6-12(16)15-11-8-9(2)4-5-10(11)14/h4-5,8H,3,6-7H2,1-2H3,(H,15,16). The molecule has 1 aromatic carbocycles. The molecule has 0 radical (unpaired) electrons. The molecular weight excluding hydrogens is 298 g/mol. The van der Waals surface area contributed by atoms with E-state index in [0.717, 1.165) is 10.0 Å². The van der Waals surface area contributed by atoms with Crippen molar-refractivity contribution in [2.75, 3.05) is 11.9 Å². The molecule has 0 aliphatic rings. The SMILES string of the molecule is CCOC(=O)CCC(=O)Nc1cc(C)ccc1Br. The molecule has 0 saturated heterocycles. The lowest BCUT2D eigenvalue weighted by Crippen LogP contribution is -2.14. The van der Waals surface area contributed by atoms with Crippen molar-refractivity contribution >= 4 is 33.5 Å². The third kappa shape index (κ3) is 4.87. The first-order chi connectivity index (χ1) is 8.52. The van der Waals surface area contributed by atoms with Crippen LogP contribution in [0.15, 0.2) is 22.7 Å². The molecule has 0 atom stereocenters. The first-order valence-corrected chi connectivity index (χ1v) is 6.54. The van der Waals surface area contributed by atoms with Crippen LogP contribution in [-0.2, 0) is 14.3 Å². The largest absolute Gasteiger partial charge is 0.466 e. The quantitative estimate of drug-likeness (QED) is 0.850. The minimum atomic E-state index is -0.351. The van der Waals surface area contributed by atoms with E-state index in [1.54, 1.807) is 6.92 Å². The van der Waals surface area contributed by atoms with Gasteiger partial charge in [-0.1, -0.05) is 6.07 Å². The van der Waals surface area contributed by atoms with E-state index in [9.17, 15) is 9.59 Å². The van der Waals surface area contributed by atoms with Crippen LogP contribution in [0.3, 0.4) is 0 Å².